The number of rotatable bonds is 3. The van der Waals surface area contributed by atoms with Crippen LogP contribution in [0.25, 0.3) is 0 Å². The van der Waals surface area contributed by atoms with Crippen molar-refractivity contribution in [3.05, 3.63) is 16.5 Å². The Balaban J connectivity index is 2.15. The van der Waals surface area contributed by atoms with Crippen LogP contribution in [0.2, 0.25) is 10.3 Å². The lowest BCUT2D eigenvalue weighted by molar-refractivity contribution is -0.125. The molecule has 19 heavy (non-hydrogen) atoms. The number of aromatic nitrogens is 2. The molecule has 1 aromatic heterocycles. The molecule has 1 saturated carbocycles. The molecular weight excluding hydrogens is 287 g/mol. The quantitative estimate of drug-likeness (QED) is 0.842. The second-order valence-corrected chi connectivity index (χ2v) is 5.34. The van der Waals surface area contributed by atoms with Crippen LogP contribution < -0.4 is 10.6 Å². The van der Waals surface area contributed by atoms with E-state index in [2.05, 4.69) is 20.6 Å². The van der Waals surface area contributed by atoms with Crippen molar-refractivity contribution < 1.29 is 4.79 Å². The summed E-state index contributed by atoms with van der Waals surface area (Å²) in [5.41, 5.74) is 0. The number of hydrogen-bond donors (Lipinski definition) is 2. The van der Waals surface area contributed by atoms with Gasteiger partial charge < -0.3 is 10.6 Å². The lowest BCUT2D eigenvalue weighted by atomic mass is 9.84. The average Bonchev–Trinajstić information content (AvgIpc) is 2.42. The van der Waals surface area contributed by atoms with Crippen LogP contribution in [0.1, 0.15) is 25.7 Å². The summed E-state index contributed by atoms with van der Waals surface area (Å²) in [5, 5.41) is 6.48. The molecule has 2 rings (SSSR count). The fourth-order valence-electron chi connectivity index (χ4n) is 2.43. The van der Waals surface area contributed by atoms with E-state index in [-0.39, 0.29) is 23.2 Å². The summed E-state index contributed by atoms with van der Waals surface area (Å²) >= 11 is 11.8. The monoisotopic (exact) mass is 302 g/mol. The molecule has 0 radical (unpaired) electrons. The Hall–Kier alpha value is -1.07. The highest BCUT2D eigenvalue weighted by Crippen LogP contribution is 2.29. The van der Waals surface area contributed by atoms with Gasteiger partial charge in [0.2, 0.25) is 11.2 Å². The summed E-state index contributed by atoms with van der Waals surface area (Å²) in [5.74, 6) is 0.472. The van der Waals surface area contributed by atoms with Crippen molar-refractivity contribution in [1.82, 2.24) is 15.3 Å². The van der Waals surface area contributed by atoms with Gasteiger partial charge in [0.15, 0.2) is 0 Å². The fraction of sp³-hybridized carbons (Fsp3) is 0.583. The molecule has 1 aliphatic carbocycles. The number of amides is 1. The summed E-state index contributed by atoms with van der Waals surface area (Å²) in [6.07, 6.45) is 5.39. The molecule has 0 spiro atoms. The van der Waals surface area contributed by atoms with Crippen molar-refractivity contribution in [2.24, 2.45) is 5.92 Å². The van der Waals surface area contributed by atoms with Gasteiger partial charge in [-0.05, 0) is 24.4 Å². The van der Waals surface area contributed by atoms with E-state index in [1.807, 2.05) is 0 Å². The van der Waals surface area contributed by atoms with Crippen LogP contribution in [-0.4, -0.2) is 29.0 Å². The Morgan fingerprint density at radius 2 is 2.11 bits per heavy atom. The molecule has 2 atom stereocenters. The predicted octanol–water partition coefficient (Wildman–Crippen LogP) is 2.50. The molecule has 5 nitrogen and oxygen atoms in total. The third kappa shape index (κ3) is 3.48. The zero-order valence-electron chi connectivity index (χ0n) is 10.6. The highest BCUT2D eigenvalue weighted by Gasteiger charge is 2.30. The maximum Gasteiger partial charge on any atom is 0.224 e. The number of carbonyl (C=O) groups is 1. The van der Waals surface area contributed by atoms with Gasteiger partial charge in [0.25, 0.3) is 0 Å². The van der Waals surface area contributed by atoms with Crippen LogP contribution in [0.3, 0.4) is 0 Å². The van der Waals surface area contributed by atoms with Gasteiger partial charge in [-0.1, -0.05) is 24.4 Å². The van der Waals surface area contributed by atoms with Crippen molar-refractivity contribution in [3.63, 3.8) is 0 Å². The SMILES string of the molecule is CNC(=O)C1CCCCC1Nc1nc(Cl)ncc1Cl. The standard InChI is InChI=1S/C12H16Cl2N4O/c1-15-11(19)7-4-2-3-5-9(7)17-10-8(13)6-16-12(14)18-10/h6-7,9H,2-5H2,1H3,(H,15,19)(H,16,17,18). The van der Waals surface area contributed by atoms with E-state index in [0.29, 0.717) is 10.8 Å². The maximum absolute atomic E-state index is 11.9. The lowest BCUT2D eigenvalue weighted by Crippen LogP contribution is -2.42. The summed E-state index contributed by atoms with van der Waals surface area (Å²) in [4.78, 5) is 19.7. The summed E-state index contributed by atoms with van der Waals surface area (Å²) < 4.78 is 0. The molecule has 1 aliphatic rings. The minimum absolute atomic E-state index is 0.0252. The third-order valence-corrected chi connectivity index (χ3v) is 3.84. The smallest absolute Gasteiger partial charge is 0.224 e. The van der Waals surface area contributed by atoms with Gasteiger partial charge in [-0.3, -0.25) is 4.79 Å². The molecule has 1 aromatic rings. The van der Waals surface area contributed by atoms with E-state index in [9.17, 15) is 4.79 Å². The van der Waals surface area contributed by atoms with Crippen LogP contribution in [0.5, 0.6) is 0 Å². The second-order valence-electron chi connectivity index (χ2n) is 4.59. The first kappa shape index (κ1) is 14.3. The van der Waals surface area contributed by atoms with Crippen LogP contribution in [-0.2, 0) is 4.79 Å². The molecule has 0 bridgehead atoms. The Labute approximate surface area is 122 Å². The molecule has 7 heteroatoms. The van der Waals surface area contributed by atoms with E-state index >= 15 is 0 Å². The molecule has 0 aliphatic heterocycles. The third-order valence-electron chi connectivity index (χ3n) is 3.39. The largest absolute Gasteiger partial charge is 0.365 e. The van der Waals surface area contributed by atoms with Gasteiger partial charge in [0, 0.05) is 13.1 Å². The molecule has 1 fully saturated rings. The van der Waals surface area contributed by atoms with Crippen LogP contribution in [0.4, 0.5) is 5.82 Å². The van der Waals surface area contributed by atoms with E-state index in [4.69, 9.17) is 23.2 Å². The Kier molecular flexibility index (Phi) is 4.82. The highest BCUT2D eigenvalue weighted by atomic mass is 35.5. The van der Waals surface area contributed by atoms with Crippen LogP contribution >= 0.6 is 23.2 Å². The van der Waals surface area contributed by atoms with E-state index in [0.717, 1.165) is 25.7 Å². The van der Waals surface area contributed by atoms with Crippen molar-refractivity contribution in [2.45, 2.75) is 31.7 Å². The maximum atomic E-state index is 11.9. The number of anilines is 1. The number of nitrogens with zero attached hydrogens (tertiary/aromatic N) is 2. The molecular formula is C12H16Cl2N4O. The van der Waals surface area contributed by atoms with Crippen molar-refractivity contribution >= 4 is 34.9 Å². The van der Waals surface area contributed by atoms with Gasteiger partial charge in [-0.2, -0.15) is 4.98 Å². The van der Waals surface area contributed by atoms with Gasteiger partial charge in [-0.25, -0.2) is 4.98 Å². The van der Waals surface area contributed by atoms with Crippen molar-refractivity contribution in [3.8, 4) is 0 Å². The predicted molar refractivity (Wildman–Crippen MR) is 75.5 cm³/mol. The molecule has 2 unspecified atom stereocenters. The number of carbonyl (C=O) groups excluding carboxylic acids is 1. The number of nitrogens with one attached hydrogen (secondary N) is 2. The summed E-state index contributed by atoms with van der Waals surface area (Å²) in [6, 6.07) is 0.0252. The Morgan fingerprint density at radius 1 is 1.37 bits per heavy atom. The minimum Gasteiger partial charge on any atom is -0.365 e. The summed E-state index contributed by atoms with van der Waals surface area (Å²) in [7, 11) is 1.66. The molecule has 0 aromatic carbocycles. The average molecular weight is 303 g/mol. The first-order valence-corrected chi connectivity index (χ1v) is 7.03. The zero-order chi connectivity index (χ0) is 13.8. The van der Waals surface area contributed by atoms with Crippen LogP contribution in [0, 0.1) is 5.92 Å². The molecule has 104 valence electrons. The van der Waals surface area contributed by atoms with Gasteiger partial charge in [0.05, 0.1) is 12.1 Å². The van der Waals surface area contributed by atoms with Gasteiger partial charge in [0.1, 0.15) is 10.8 Å². The zero-order valence-corrected chi connectivity index (χ0v) is 12.1. The fourth-order valence-corrected chi connectivity index (χ4v) is 2.70. The van der Waals surface area contributed by atoms with Gasteiger partial charge in [-0.15, -0.1) is 0 Å². The van der Waals surface area contributed by atoms with E-state index in [1.54, 1.807) is 7.05 Å². The van der Waals surface area contributed by atoms with E-state index < -0.39 is 0 Å². The number of hydrogen-bond acceptors (Lipinski definition) is 4. The molecule has 1 heterocycles. The first-order valence-electron chi connectivity index (χ1n) is 6.28. The topological polar surface area (TPSA) is 66.9 Å². The Bertz CT molecular complexity index is 469. The minimum atomic E-state index is -0.0662. The number of halogens is 2. The summed E-state index contributed by atoms with van der Waals surface area (Å²) in [6.45, 7) is 0. The van der Waals surface area contributed by atoms with Gasteiger partial charge >= 0.3 is 0 Å². The second kappa shape index (κ2) is 6.39. The van der Waals surface area contributed by atoms with Crippen molar-refractivity contribution in [2.75, 3.05) is 12.4 Å². The Morgan fingerprint density at radius 3 is 2.84 bits per heavy atom. The molecule has 1 amide bonds. The normalized spacial score (nSPS) is 22.9. The van der Waals surface area contributed by atoms with Crippen molar-refractivity contribution in [1.29, 1.82) is 0 Å². The lowest BCUT2D eigenvalue weighted by Gasteiger charge is -2.31. The molecule has 2 N–H and O–H groups in total. The first-order chi connectivity index (χ1) is 9.11. The van der Waals surface area contributed by atoms with Crippen LogP contribution in [0.15, 0.2) is 6.20 Å². The molecule has 0 saturated heterocycles. The van der Waals surface area contributed by atoms with E-state index in [1.165, 1.54) is 6.20 Å². The highest BCUT2D eigenvalue weighted by molar-refractivity contribution is 6.33.